The van der Waals surface area contributed by atoms with Gasteiger partial charge in [0, 0.05) is 0 Å². The summed E-state index contributed by atoms with van der Waals surface area (Å²) < 4.78 is 27.8. The summed E-state index contributed by atoms with van der Waals surface area (Å²) >= 11 is 0. The lowest BCUT2D eigenvalue weighted by Gasteiger charge is -2.30. The molecule has 1 aromatic heterocycles. The molecule has 9 nitrogen and oxygen atoms in total. The van der Waals surface area contributed by atoms with Crippen molar-refractivity contribution in [1.82, 2.24) is 0 Å². The van der Waals surface area contributed by atoms with Crippen molar-refractivity contribution in [3.05, 3.63) is 70.6 Å². The van der Waals surface area contributed by atoms with Gasteiger partial charge in [0.25, 0.3) is 0 Å². The third-order valence-electron chi connectivity index (χ3n) is 5.92. The van der Waals surface area contributed by atoms with E-state index in [1.54, 1.807) is 30.3 Å². The van der Waals surface area contributed by atoms with Crippen molar-refractivity contribution in [2.45, 2.75) is 12.2 Å². The van der Waals surface area contributed by atoms with Crippen LogP contribution in [0.3, 0.4) is 0 Å². The van der Waals surface area contributed by atoms with Gasteiger partial charge in [-0.2, -0.15) is 0 Å². The fourth-order valence-corrected chi connectivity index (χ4v) is 4.05. The van der Waals surface area contributed by atoms with Crippen LogP contribution in [0, 0.1) is 0 Å². The van der Waals surface area contributed by atoms with Crippen LogP contribution in [-0.2, 0) is 0 Å². The van der Waals surface area contributed by atoms with Gasteiger partial charge in [0.05, 0.1) is 25.2 Å². The summed E-state index contributed by atoms with van der Waals surface area (Å²) in [6.07, 6.45) is -0.507. The lowest BCUT2D eigenvalue weighted by Crippen LogP contribution is -2.35. The number of hydrogen-bond donors (Lipinski definition) is 3. The summed E-state index contributed by atoms with van der Waals surface area (Å²) in [5.41, 5.74) is 1.13. The fraction of sp³-hybridized carbons (Fsp3) is 0.192. The van der Waals surface area contributed by atoms with Gasteiger partial charge in [-0.1, -0.05) is 12.1 Å². The molecule has 5 rings (SSSR count). The number of rotatable bonds is 5. The highest BCUT2D eigenvalue weighted by molar-refractivity contribution is 5.88. The van der Waals surface area contributed by atoms with E-state index in [0.717, 1.165) is 0 Å². The molecule has 0 aliphatic carbocycles. The molecule has 9 heteroatoms. The molecule has 0 amide bonds. The van der Waals surface area contributed by atoms with E-state index in [2.05, 4.69) is 0 Å². The lowest BCUT2D eigenvalue weighted by atomic mass is 10.0. The highest BCUT2D eigenvalue weighted by Gasteiger charge is 2.31. The molecular formula is C26H22O9. The van der Waals surface area contributed by atoms with Crippen LogP contribution in [-0.4, -0.2) is 42.3 Å². The molecular weight excluding hydrogens is 456 g/mol. The maximum Gasteiger partial charge on any atom is 0.205 e. The Morgan fingerprint density at radius 1 is 0.971 bits per heavy atom. The van der Waals surface area contributed by atoms with Gasteiger partial charge in [-0.25, -0.2) is 0 Å². The first-order chi connectivity index (χ1) is 16.9. The van der Waals surface area contributed by atoms with Crippen molar-refractivity contribution < 1.29 is 38.7 Å². The number of hydrogen-bond acceptors (Lipinski definition) is 9. The van der Waals surface area contributed by atoms with Crippen molar-refractivity contribution >= 4 is 11.0 Å². The summed E-state index contributed by atoms with van der Waals surface area (Å²) in [4.78, 5) is 13.2. The number of phenolic OH excluding ortho intramolecular Hbond substituents is 2. The van der Waals surface area contributed by atoms with Gasteiger partial charge in [0.1, 0.15) is 19.0 Å². The molecule has 0 saturated carbocycles. The van der Waals surface area contributed by atoms with Crippen LogP contribution in [0.4, 0.5) is 0 Å². The molecule has 1 aliphatic heterocycles. The van der Waals surface area contributed by atoms with E-state index < -0.39 is 12.2 Å². The fourth-order valence-electron chi connectivity index (χ4n) is 4.05. The van der Waals surface area contributed by atoms with Gasteiger partial charge in [-0.15, -0.1) is 0 Å². The molecule has 0 radical (unpaired) electrons. The SMILES string of the molecule is COc1ccc(-c2coc3c4c(ccc3c2=O)O[C@H]([C@@H](O)c2ccc(O)c(OC)c2)CO4)cc1O. The molecule has 2 atom stereocenters. The molecule has 3 aromatic carbocycles. The molecule has 35 heavy (non-hydrogen) atoms. The molecule has 0 unspecified atom stereocenters. The topological polar surface area (TPSA) is 128 Å². The average molecular weight is 478 g/mol. The number of ether oxygens (including phenoxy) is 4. The zero-order valence-corrected chi connectivity index (χ0v) is 18.8. The quantitative estimate of drug-likeness (QED) is 0.393. The van der Waals surface area contributed by atoms with E-state index in [4.69, 9.17) is 23.4 Å². The molecule has 2 heterocycles. The van der Waals surface area contributed by atoms with E-state index in [1.165, 1.54) is 38.7 Å². The number of fused-ring (bicyclic) bond motifs is 3. The third-order valence-corrected chi connectivity index (χ3v) is 5.92. The van der Waals surface area contributed by atoms with Crippen molar-refractivity contribution in [1.29, 1.82) is 0 Å². The molecule has 0 bridgehead atoms. The van der Waals surface area contributed by atoms with E-state index in [9.17, 15) is 20.1 Å². The van der Waals surface area contributed by atoms with E-state index in [1.807, 2.05) is 0 Å². The number of aliphatic hydroxyl groups is 1. The van der Waals surface area contributed by atoms with Crippen LogP contribution in [0.2, 0.25) is 0 Å². The van der Waals surface area contributed by atoms with Gasteiger partial charge < -0.3 is 38.7 Å². The third kappa shape index (κ3) is 3.85. The molecule has 3 N–H and O–H groups in total. The summed E-state index contributed by atoms with van der Waals surface area (Å²) in [6, 6.07) is 12.3. The van der Waals surface area contributed by atoms with Crippen LogP contribution in [0.15, 0.2) is 64.0 Å². The molecule has 1 aliphatic rings. The standard InChI is InChI=1S/C26H22O9/c1-31-19-7-4-13(9-18(19)28)16-11-33-25-15(24(16)30)5-8-20-26(25)34-12-22(35-20)23(29)14-3-6-17(27)21(10-14)32-2/h3-11,22-23,27-29H,12H2,1-2H3/t22-,23-/m0/s1. The Labute approximate surface area is 199 Å². The molecule has 0 spiro atoms. The monoisotopic (exact) mass is 478 g/mol. The van der Waals surface area contributed by atoms with Gasteiger partial charge in [0.2, 0.25) is 11.2 Å². The Kier molecular flexibility index (Phi) is 5.62. The van der Waals surface area contributed by atoms with Gasteiger partial charge in [-0.3, -0.25) is 4.79 Å². The minimum absolute atomic E-state index is 0.00567. The zero-order chi connectivity index (χ0) is 24.7. The first kappa shape index (κ1) is 22.4. The first-order valence-electron chi connectivity index (χ1n) is 10.7. The molecule has 4 aromatic rings. The van der Waals surface area contributed by atoms with E-state index in [-0.39, 0.29) is 51.6 Å². The summed E-state index contributed by atoms with van der Waals surface area (Å²) in [5, 5.41) is 31.0. The Morgan fingerprint density at radius 3 is 2.51 bits per heavy atom. The Hall–Kier alpha value is -4.37. The normalized spacial score (nSPS) is 15.6. The van der Waals surface area contributed by atoms with Gasteiger partial charge in [-0.05, 0) is 47.5 Å². The number of methoxy groups -OCH3 is 2. The minimum atomic E-state index is -1.06. The Bertz CT molecular complexity index is 1470. The predicted octanol–water partition coefficient (Wildman–Crippen LogP) is 3.76. The molecule has 180 valence electrons. The molecule has 0 fully saturated rings. The van der Waals surface area contributed by atoms with Crippen molar-refractivity contribution in [3.63, 3.8) is 0 Å². The van der Waals surface area contributed by atoms with Gasteiger partial charge in [0.15, 0.2) is 40.4 Å². The second kappa shape index (κ2) is 8.77. The van der Waals surface area contributed by atoms with Gasteiger partial charge >= 0.3 is 0 Å². The summed E-state index contributed by atoms with van der Waals surface area (Å²) in [6.45, 7) is -0.00567. The van der Waals surface area contributed by atoms with Crippen molar-refractivity contribution in [3.8, 4) is 45.6 Å². The first-order valence-corrected chi connectivity index (χ1v) is 10.7. The van der Waals surface area contributed by atoms with E-state index >= 15 is 0 Å². The average Bonchev–Trinajstić information content (AvgIpc) is 2.88. The van der Waals surface area contributed by atoms with Crippen LogP contribution in [0.1, 0.15) is 11.7 Å². The van der Waals surface area contributed by atoms with Crippen LogP contribution >= 0.6 is 0 Å². The van der Waals surface area contributed by atoms with E-state index in [0.29, 0.717) is 22.6 Å². The predicted molar refractivity (Wildman–Crippen MR) is 126 cm³/mol. The summed E-state index contributed by atoms with van der Waals surface area (Å²) in [7, 11) is 2.86. The number of aromatic hydroxyl groups is 2. The number of benzene rings is 3. The number of aliphatic hydroxyl groups excluding tert-OH is 1. The Morgan fingerprint density at radius 2 is 1.77 bits per heavy atom. The lowest BCUT2D eigenvalue weighted by molar-refractivity contribution is -0.0111. The number of phenols is 2. The Balaban J connectivity index is 1.46. The van der Waals surface area contributed by atoms with Crippen molar-refractivity contribution in [2.75, 3.05) is 20.8 Å². The smallest absolute Gasteiger partial charge is 0.205 e. The summed E-state index contributed by atoms with van der Waals surface area (Å²) in [5.74, 6) is 0.961. The molecule has 0 saturated heterocycles. The van der Waals surface area contributed by atoms with Crippen LogP contribution in [0.25, 0.3) is 22.1 Å². The highest BCUT2D eigenvalue weighted by atomic mass is 16.6. The van der Waals surface area contributed by atoms with Crippen LogP contribution in [0.5, 0.6) is 34.5 Å². The second-order valence-corrected chi connectivity index (χ2v) is 7.98. The highest BCUT2D eigenvalue weighted by Crippen LogP contribution is 2.41. The minimum Gasteiger partial charge on any atom is -0.504 e. The van der Waals surface area contributed by atoms with Crippen molar-refractivity contribution in [2.24, 2.45) is 0 Å². The maximum atomic E-state index is 13.2. The zero-order valence-electron chi connectivity index (χ0n) is 18.8. The largest absolute Gasteiger partial charge is 0.504 e. The van der Waals surface area contributed by atoms with Crippen LogP contribution < -0.4 is 24.4 Å². The maximum absolute atomic E-state index is 13.2. The second-order valence-electron chi connectivity index (χ2n) is 7.98.